The molecule has 0 unspecified atom stereocenters. The van der Waals surface area contributed by atoms with Crippen LogP contribution in [-0.2, 0) is 12.8 Å². The van der Waals surface area contributed by atoms with Crippen LogP contribution < -0.4 is 14.2 Å². The smallest absolute Gasteiger partial charge is 0.167 e. The molecule has 2 saturated carbocycles. The molecule has 0 amide bonds. The Hall–Kier alpha value is -3.57. The number of aryl methyl sites for hydroxylation is 2. The summed E-state index contributed by atoms with van der Waals surface area (Å²) in [6.07, 6.45) is 33.6. The minimum Gasteiger partial charge on any atom is -0.493 e. The molecule has 0 spiro atoms. The maximum Gasteiger partial charge on any atom is 0.167 e. The predicted octanol–water partition coefficient (Wildman–Crippen LogP) is 17.5. The zero-order valence-electron chi connectivity index (χ0n) is 43.2. The fraction of sp³-hybridized carbons (Fsp3) is 0.655. The molecule has 2 aliphatic rings. The molecule has 0 atom stereocenters. The summed E-state index contributed by atoms with van der Waals surface area (Å²) < 4.78 is 19.8. The quantitative estimate of drug-likeness (QED) is 0.0332. The van der Waals surface area contributed by atoms with E-state index in [0.29, 0.717) is 36.4 Å². The van der Waals surface area contributed by atoms with Gasteiger partial charge in [-0.3, -0.25) is 0 Å². The third-order valence-electron chi connectivity index (χ3n) is 14.5. The van der Waals surface area contributed by atoms with E-state index >= 15 is 0 Å². The molecule has 0 bridgehead atoms. The third kappa shape index (κ3) is 19.4. The molecular weight excluding hydrogens is 857 g/mol. The van der Waals surface area contributed by atoms with E-state index in [0.717, 1.165) is 84.4 Å². The van der Waals surface area contributed by atoms with Gasteiger partial charge in [-0.25, -0.2) is 19.9 Å². The van der Waals surface area contributed by atoms with Gasteiger partial charge in [0.05, 0.1) is 48.1 Å². The van der Waals surface area contributed by atoms with Crippen molar-refractivity contribution in [1.82, 2.24) is 19.9 Å². The highest BCUT2D eigenvalue weighted by atomic mass is 28.3. The van der Waals surface area contributed by atoms with Gasteiger partial charge in [-0.2, -0.15) is 0 Å². The van der Waals surface area contributed by atoms with E-state index in [-0.39, 0.29) is 0 Å². The van der Waals surface area contributed by atoms with Gasteiger partial charge in [0.1, 0.15) is 11.5 Å². The van der Waals surface area contributed by atoms with Gasteiger partial charge < -0.3 is 14.2 Å². The minimum atomic E-state index is -1.23. The molecule has 4 aromatic rings. The lowest BCUT2D eigenvalue weighted by molar-refractivity contribution is 0.305. The molecule has 0 N–H and O–H groups in total. The largest absolute Gasteiger partial charge is 0.493 e. The summed E-state index contributed by atoms with van der Waals surface area (Å²) in [5.41, 5.74) is 3.75. The topological polar surface area (TPSA) is 79.3 Å². The van der Waals surface area contributed by atoms with Gasteiger partial charge in [0.25, 0.3) is 0 Å². The highest BCUT2D eigenvalue weighted by Gasteiger charge is 2.24. The number of benzene rings is 2. The van der Waals surface area contributed by atoms with Crippen LogP contribution in [0.15, 0.2) is 60.9 Å². The van der Waals surface area contributed by atoms with Crippen LogP contribution in [0.5, 0.6) is 23.0 Å². The molecule has 0 aliphatic heterocycles. The molecule has 6 rings (SSSR count). The van der Waals surface area contributed by atoms with Crippen molar-refractivity contribution in [1.29, 1.82) is 0 Å². The van der Waals surface area contributed by atoms with Crippen LogP contribution in [0.1, 0.15) is 166 Å². The molecule has 67 heavy (non-hydrogen) atoms. The van der Waals surface area contributed by atoms with Crippen LogP contribution in [0.4, 0.5) is 0 Å². The first kappa shape index (κ1) is 52.8. The van der Waals surface area contributed by atoms with Gasteiger partial charge in [0.15, 0.2) is 23.1 Å². The number of hydrogen-bond acceptors (Lipinski definition) is 7. The zero-order chi connectivity index (χ0) is 47.2. The summed E-state index contributed by atoms with van der Waals surface area (Å²) in [4.78, 5) is 20.6. The lowest BCUT2D eigenvalue weighted by Gasteiger charge is -2.22. The third-order valence-corrected chi connectivity index (χ3v) is 21.3. The van der Waals surface area contributed by atoms with Crippen LogP contribution in [-0.4, -0.2) is 49.3 Å². The van der Waals surface area contributed by atoms with Crippen LogP contribution in [0.3, 0.4) is 0 Å². The molecule has 0 radical (unpaired) electrons. The van der Waals surface area contributed by atoms with Crippen LogP contribution in [0.2, 0.25) is 50.4 Å². The van der Waals surface area contributed by atoms with Crippen molar-refractivity contribution in [2.45, 2.75) is 218 Å². The fourth-order valence-electron chi connectivity index (χ4n) is 9.58. The molecule has 2 fully saturated rings. The maximum absolute atomic E-state index is 6.95. The predicted molar refractivity (Wildman–Crippen MR) is 288 cm³/mol. The molecule has 368 valence electrons. The number of para-hydroxylation sites is 2. The van der Waals surface area contributed by atoms with Crippen molar-refractivity contribution in [3.63, 3.8) is 0 Å². The summed E-state index contributed by atoms with van der Waals surface area (Å²) >= 11 is 0. The van der Waals surface area contributed by atoms with Crippen LogP contribution in [0.25, 0.3) is 22.8 Å². The Kier molecular flexibility index (Phi) is 22.2. The average molecular weight is 948 g/mol. The summed E-state index contributed by atoms with van der Waals surface area (Å²) in [5, 5.41) is 0. The van der Waals surface area contributed by atoms with E-state index in [1.54, 1.807) is 0 Å². The first-order chi connectivity index (χ1) is 32.6. The maximum atomic E-state index is 6.95. The van der Waals surface area contributed by atoms with E-state index in [4.69, 9.17) is 34.1 Å². The SMILES string of the molecule is CCCC[Si](C)(C)CCCCc1nc(-c2ccccc2OCCCCCCC2CC2)ncc1Oc1cnc(-c2ccccc2OCCCCCCC2CC2)nc1CCCC[Si](C)(C)CCCC. The molecule has 7 nitrogen and oxygen atoms in total. The van der Waals surface area contributed by atoms with E-state index in [2.05, 4.69) is 88.6 Å². The first-order valence-electron chi connectivity index (χ1n) is 27.5. The van der Waals surface area contributed by atoms with Crippen molar-refractivity contribution in [2.24, 2.45) is 11.8 Å². The van der Waals surface area contributed by atoms with Crippen molar-refractivity contribution in [2.75, 3.05) is 13.2 Å². The van der Waals surface area contributed by atoms with Gasteiger partial charge in [0, 0.05) is 16.1 Å². The highest BCUT2D eigenvalue weighted by Crippen LogP contribution is 2.37. The molecule has 2 aliphatic carbocycles. The average Bonchev–Trinajstić information content (AvgIpc) is 4.29. The van der Waals surface area contributed by atoms with Gasteiger partial charge >= 0.3 is 0 Å². The Labute approximate surface area is 409 Å². The van der Waals surface area contributed by atoms with E-state index in [9.17, 15) is 0 Å². The molecule has 2 aromatic heterocycles. The Morgan fingerprint density at radius 2 is 0.866 bits per heavy atom. The van der Waals surface area contributed by atoms with Gasteiger partial charge in [0.2, 0.25) is 0 Å². The number of nitrogens with zero attached hydrogens (tertiary/aromatic N) is 4. The zero-order valence-corrected chi connectivity index (χ0v) is 45.2. The minimum absolute atomic E-state index is 0.691. The molecule has 2 aromatic carbocycles. The summed E-state index contributed by atoms with van der Waals surface area (Å²) in [6, 6.07) is 22.0. The Morgan fingerprint density at radius 3 is 1.28 bits per heavy atom. The lowest BCUT2D eigenvalue weighted by Crippen LogP contribution is -2.24. The number of unbranched alkanes of at least 4 members (excludes halogenated alkanes) is 10. The van der Waals surface area contributed by atoms with Gasteiger partial charge in [-0.05, 0) is 74.6 Å². The van der Waals surface area contributed by atoms with Crippen molar-refractivity contribution in [3.8, 4) is 45.8 Å². The van der Waals surface area contributed by atoms with Crippen LogP contribution >= 0.6 is 0 Å². The lowest BCUT2D eigenvalue weighted by atomic mass is 10.1. The van der Waals surface area contributed by atoms with Gasteiger partial charge in [-0.15, -0.1) is 0 Å². The summed E-state index contributed by atoms with van der Waals surface area (Å²) in [7, 11) is -2.47. The van der Waals surface area contributed by atoms with Crippen LogP contribution in [0, 0.1) is 11.8 Å². The Morgan fingerprint density at radius 1 is 0.463 bits per heavy atom. The van der Waals surface area contributed by atoms with Crippen molar-refractivity contribution in [3.05, 3.63) is 72.3 Å². The Bertz CT molecular complexity index is 1890. The number of rotatable bonds is 36. The van der Waals surface area contributed by atoms with Crippen molar-refractivity contribution >= 4 is 16.1 Å². The second-order valence-electron chi connectivity index (χ2n) is 22.0. The summed E-state index contributed by atoms with van der Waals surface area (Å²) in [5.74, 6) is 6.51. The number of ether oxygens (including phenoxy) is 3. The monoisotopic (exact) mass is 947 g/mol. The molecule has 2 heterocycles. The molecule has 0 saturated heterocycles. The van der Waals surface area contributed by atoms with E-state index in [1.807, 2.05) is 12.4 Å². The standard InChI is InChI=1S/C58H90N4O3Si2/c1-7-9-41-66(3,4)43-25-21-31-51-55(45-59-57(61-51)49-29-17-19-33-53(49)63-39-23-13-11-15-27-47-35-36-47)65-56-46-60-58(62-52(56)32-22-26-44-67(5,6)42-10-8-2)50-30-18-20-34-54(50)64-40-24-14-12-16-28-48-37-38-48/h17-20,29-30,33-34,45-48H,7-16,21-28,31-32,35-44H2,1-6H3. The van der Waals surface area contributed by atoms with Gasteiger partial charge in [-0.1, -0.05) is 204 Å². The Balaban J connectivity index is 1.21. The molecule has 9 heteroatoms. The second-order valence-corrected chi connectivity index (χ2v) is 32.7. The van der Waals surface area contributed by atoms with E-state index < -0.39 is 16.1 Å². The number of aromatic nitrogens is 4. The van der Waals surface area contributed by atoms with E-state index in [1.165, 1.54) is 140 Å². The van der Waals surface area contributed by atoms with Crippen molar-refractivity contribution < 1.29 is 14.2 Å². The normalized spacial score (nSPS) is 14.1. The first-order valence-corrected chi connectivity index (χ1v) is 34.3. The second kappa shape index (κ2) is 28.2. The highest BCUT2D eigenvalue weighted by molar-refractivity contribution is 6.77. The molecular formula is C58H90N4O3Si2. The number of hydrogen-bond donors (Lipinski definition) is 0. The summed E-state index contributed by atoms with van der Waals surface area (Å²) in [6.45, 7) is 16.3. The fourth-order valence-corrected chi connectivity index (χ4v) is 15.1.